The van der Waals surface area contributed by atoms with E-state index in [4.69, 9.17) is 11.6 Å². The summed E-state index contributed by atoms with van der Waals surface area (Å²) in [5.74, 6) is -0.0853. The van der Waals surface area contributed by atoms with Crippen LogP contribution in [0.3, 0.4) is 0 Å². The first-order valence-corrected chi connectivity index (χ1v) is 5.98. The van der Waals surface area contributed by atoms with Crippen molar-refractivity contribution in [1.82, 2.24) is 9.55 Å². The molecular formula is C13H14ClN3O. The van der Waals surface area contributed by atoms with Gasteiger partial charge in [-0.2, -0.15) is 0 Å². The Kier molecular flexibility index (Phi) is 3.67. The van der Waals surface area contributed by atoms with E-state index in [1.54, 1.807) is 30.6 Å². The number of carbonyl (C=O) groups excluding carboxylic acids is 1. The number of imidazole rings is 1. The van der Waals surface area contributed by atoms with Crippen molar-refractivity contribution >= 4 is 23.2 Å². The van der Waals surface area contributed by atoms with Crippen molar-refractivity contribution in [1.29, 1.82) is 0 Å². The van der Waals surface area contributed by atoms with Crippen LogP contribution in [-0.4, -0.2) is 15.5 Å². The first kappa shape index (κ1) is 12.6. The molecule has 2 rings (SSSR count). The number of aryl methyl sites for hydroxylation is 1. The topological polar surface area (TPSA) is 46.9 Å². The molecule has 0 saturated heterocycles. The van der Waals surface area contributed by atoms with Crippen molar-refractivity contribution in [3.8, 4) is 0 Å². The number of anilines is 1. The van der Waals surface area contributed by atoms with Gasteiger partial charge in [-0.25, -0.2) is 4.98 Å². The van der Waals surface area contributed by atoms with Crippen LogP contribution in [-0.2, 0) is 11.3 Å². The lowest BCUT2D eigenvalue weighted by Crippen LogP contribution is -2.18. The fraction of sp³-hybridized carbons (Fsp3) is 0.231. The summed E-state index contributed by atoms with van der Waals surface area (Å²) < 4.78 is 1.82. The second-order valence-corrected chi connectivity index (χ2v) is 4.53. The van der Waals surface area contributed by atoms with Crippen molar-refractivity contribution in [2.24, 2.45) is 0 Å². The Morgan fingerprint density at radius 1 is 1.33 bits per heavy atom. The maximum Gasteiger partial charge on any atom is 0.244 e. The van der Waals surface area contributed by atoms with Crippen LogP contribution < -0.4 is 5.32 Å². The Balaban J connectivity index is 2.01. The molecular weight excluding hydrogens is 250 g/mol. The number of halogens is 1. The summed E-state index contributed by atoms with van der Waals surface area (Å²) in [7, 11) is 0. The maximum absolute atomic E-state index is 11.8. The standard InChI is InChI=1S/C13H14ClN3O/c1-9-10(2)17(8-15-9)7-13(18)16-12-5-3-11(14)4-6-12/h3-6,8H,7H2,1-2H3,(H,16,18). The van der Waals surface area contributed by atoms with Crippen LogP contribution in [0, 0.1) is 13.8 Å². The average molecular weight is 264 g/mol. The molecule has 4 nitrogen and oxygen atoms in total. The number of nitrogens with one attached hydrogen (secondary N) is 1. The van der Waals surface area contributed by atoms with Crippen molar-refractivity contribution in [2.45, 2.75) is 20.4 Å². The molecule has 1 N–H and O–H groups in total. The minimum Gasteiger partial charge on any atom is -0.325 e. The molecule has 18 heavy (non-hydrogen) atoms. The number of carbonyl (C=O) groups is 1. The van der Waals surface area contributed by atoms with Crippen LogP contribution in [0.5, 0.6) is 0 Å². The molecule has 5 heteroatoms. The predicted molar refractivity (Wildman–Crippen MR) is 71.8 cm³/mol. The third-order valence-corrected chi connectivity index (χ3v) is 3.04. The number of hydrogen-bond donors (Lipinski definition) is 1. The summed E-state index contributed by atoms with van der Waals surface area (Å²) in [4.78, 5) is 16.0. The Hall–Kier alpha value is -1.81. The predicted octanol–water partition coefficient (Wildman–Crippen LogP) is 2.79. The van der Waals surface area contributed by atoms with Crippen LogP contribution >= 0.6 is 11.6 Å². The molecule has 1 aromatic carbocycles. The highest BCUT2D eigenvalue weighted by Gasteiger charge is 2.07. The lowest BCUT2D eigenvalue weighted by molar-refractivity contribution is -0.116. The molecule has 1 amide bonds. The molecule has 1 heterocycles. The Morgan fingerprint density at radius 2 is 2.00 bits per heavy atom. The van der Waals surface area contributed by atoms with E-state index in [-0.39, 0.29) is 12.5 Å². The van der Waals surface area contributed by atoms with Crippen LogP contribution in [0.25, 0.3) is 0 Å². The monoisotopic (exact) mass is 263 g/mol. The molecule has 0 radical (unpaired) electrons. The molecule has 0 fully saturated rings. The SMILES string of the molecule is Cc1ncn(CC(=O)Nc2ccc(Cl)cc2)c1C. The maximum atomic E-state index is 11.8. The zero-order valence-corrected chi connectivity index (χ0v) is 11.0. The van der Waals surface area contributed by atoms with Crippen molar-refractivity contribution < 1.29 is 4.79 Å². The van der Waals surface area contributed by atoms with Gasteiger partial charge in [0.25, 0.3) is 0 Å². The Bertz CT molecular complexity index is 560. The summed E-state index contributed by atoms with van der Waals surface area (Å²) in [6, 6.07) is 7.02. The van der Waals surface area contributed by atoms with Crippen LogP contribution in [0.4, 0.5) is 5.69 Å². The summed E-state index contributed by atoms with van der Waals surface area (Å²) in [6.07, 6.45) is 1.67. The zero-order valence-electron chi connectivity index (χ0n) is 10.3. The number of hydrogen-bond acceptors (Lipinski definition) is 2. The van der Waals surface area contributed by atoms with Gasteiger partial charge in [0.2, 0.25) is 5.91 Å². The minimum atomic E-state index is -0.0853. The second-order valence-electron chi connectivity index (χ2n) is 4.10. The summed E-state index contributed by atoms with van der Waals surface area (Å²) >= 11 is 5.78. The molecule has 1 aromatic heterocycles. The molecule has 0 aliphatic carbocycles. The van der Waals surface area contributed by atoms with Gasteiger partial charge in [-0.1, -0.05) is 11.6 Å². The minimum absolute atomic E-state index is 0.0853. The van der Waals surface area contributed by atoms with E-state index < -0.39 is 0 Å². The fourth-order valence-electron chi connectivity index (χ4n) is 1.59. The number of benzene rings is 1. The third-order valence-electron chi connectivity index (χ3n) is 2.79. The van der Waals surface area contributed by atoms with Crippen LogP contribution in [0.1, 0.15) is 11.4 Å². The van der Waals surface area contributed by atoms with Crippen molar-refractivity contribution in [2.75, 3.05) is 5.32 Å². The van der Waals surface area contributed by atoms with Gasteiger partial charge < -0.3 is 9.88 Å². The average Bonchev–Trinajstić information content (AvgIpc) is 2.64. The highest BCUT2D eigenvalue weighted by molar-refractivity contribution is 6.30. The molecule has 94 valence electrons. The van der Waals surface area contributed by atoms with E-state index in [1.807, 2.05) is 18.4 Å². The largest absolute Gasteiger partial charge is 0.325 e. The number of aromatic nitrogens is 2. The van der Waals surface area contributed by atoms with Gasteiger partial charge in [0.1, 0.15) is 6.54 Å². The normalized spacial score (nSPS) is 10.4. The lowest BCUT2D eigenvalue weighted by atomic mass is 10.3. The zero-order chi connectivity index (χ0) is 13.1. The van der Waals surface area contributed by atoms with Crippen LogP contribution in [0.15, 0.2) is 30.6 Å². The molecule has 2 aromatic rings. The van der Waals surface area contributed by atoms with E-state index in [1.165, 1.54) is 0 Å². The molecule has 0 atom stereocenters. The van der Waals surface area contributed by atoms with E-state index in [0.29, 0.717) is 5.02 Å². The Labute approximate surface area is 111 Å². The van der Waals surface area contributed by atoms with E-state index in [9.17, 15) is 4.79 Å². The van der Waals surface area contributed by atoms with Gasteiger partial charge in [-0.15, -0.1) is 0 Å². The molecule has 0 spiro atoms. The highest BCUT2D eigenvalue weighted by Crippen LogP contribution is 2.13. The first-order valence-electron chi connectivity index (χ1n) is 5.60. The van der Waals surface area contributed by atoms with E-state index >= 15 is 0 Å². The molecule has 0 bridgehead atoms. The fourth-order valence-corrected chi connectivity index (χ4v) is 1.72. The van der Waals surface area contributed by atoms with Crippen molar-refractivity contribution in [3.63, 3.8) is 0 Å². The molecule has 0 aliphatic heterocycles. The van der Waals surface area contributed by atoms with E-state index in [0.717, 1.165) is 17.1 Å². The number of rotatable bonds is 3. The van der Waals surface area contributed by atoms with Gasteiger partial charge in [0.05, 0.1) is 12.0 Å². The van der Waals surface area contributed by atoms with Gasteiger partial charge >= 0.3 is 0 Å². The van der Waals surface area contributed by atoms with Gasteiger partial charge in [-0.3, -0.25) is 4.79 Å². The molecule has 0 unspecified atom stereocenters. The summed E-state index contributed by atoms with van der Waals surface area (Å²) in [5.41, 5.74) is 2.68. The first-order chi connectivity index (χ1) is 8.56. The molecule has 0 saturated carbocycles. The quantitative estimate of drug-likeness (QED) is 0.926. The highest BCUT2D eigenvalue weighted by atomic mass is 35.5. The number of nitrogens with zero attached hydrogens (tertiary/aromatic N) is 2. The number of amides is 1. The van der Waals surface area contributed by atoms with Gasteiger partial charge in [0, 0.05) is 16.4 Å². The van der Waals surface area contributed by atoms with Crippen molar-refractivity contribution in [3.05, 3.63) is 47.0 Å². The van der Waals surface area contributed by atoms with Crippen LogP contribution in [0.2, 0.25) is 5.02 Å². The second kappa shape index (κ2) is 5.23. The van der Waals surface area contributed by atoms with Gasteiger partial charge in [0.15, 0.2) is 0 Å². The summed E-state index contributed by atoms with van der Waals surface area (Å²) in [6.45, 7) is 4.12. The van der Waals surface area contributed by atoms with E-state index in [2.05, 4.69) is 10.3 Å². The smallest absolute Gasteiger partial charge is 0.244 e. The van der Waals surface area contributed by atoms with Gasteiger partial charge in [-0.05, 0) is 38.1 Å². The summed E-state index contributed by atoms with van der Waals surface area (Å²) in [5, 5.41) is 3.46. The molecule has 0 aliphatic rings. The Morgan fingerprint density at radius 3 is 2.56 bits per heavy atom. The lowest BCUT2D eigenvalue weighted by Gasteiger charge is -2.07. The third kappa shape index (κ3) is 2.90.